The van der Waals surface area contributed by atoms with E-state index in [9.17, 15) is 29.1 Å². The van der Waals surface area contributed by atoms with Crippen LogP contribution in [0.15, 0.2) is 11.6 Å². The number of aliphatic hydroxyl groups is 1. The molecule has 0 radical (unpaired) electrons. The molecule has 0 aromatic heterocycles. The van der Waals surface area contributed by atoms with Crippen molar-refractivity contribution in [2.75, 3.05) is 0 Å². The van der Waals surface area contributed by atoms with Gasteiger partial charge in [-0.15, -0.1) is 0 Å². The van der Waals surface area contributed by atoms with Gasteiger partial charge >= 0.3 is 23.9 Å². The molecular formula is C28H34O11. The van der Waals surface area contributed by atoms with Gasteiger partial charge in [0.05, 0.1) is 17.4 Å². The number of epoxide rings is 1. The topological polar surface area (TPSA) is 155 Å². The SMILES string of the molecule is CC(=O)O[C@H]1CC(=O)OC(C)(C)[C@@H]2CC(=O)[C@]3(C)[C@H](CC[C@@]4(C)[C@H](C5=C[C@@H](O)OC5=O)OC(=O)[C@H]5O[C@]543)[C@@]12C. The van der Waals surface area contributed by atoms with Crippen LogP contribution in [0.5, 0.6) is 0 Å². The summed E-state index contributed by atoms with van der Waals surface area (Å²) in [5, 5.41) is 9.94. The van der Waals surface area contributed by atoms with Gasteiger partial charge in [-0.1, -0.05) is 13.8 Å². The lowest BCUT2D eigenvalue weighted by Crippen LogP contribution is -2.74. The molecule has 11 heteroatoms. The quantitative estimate of drug-likeness (QED) is 0.304. The van der Waals surface area contributed by atoms with Crippen molar-refractivity contribution in [2.45, 2.75) is 103 Å². The number of hydrogen-bond acceptors (Lipinski definition) is 11. The van der Waals surface area contributed by atoms with Crippen LogP contribution in [0, 0.1) is 28.1 Å². The second-order valence-corrected chi connectivity index (χ2v) is 13.1. The van der Waals surface area contributed by atoms with Gasteiger partial charge in [0.25, 0.3) is 0 Å². The first-order valence-electron chi connectivity index (χ1n) is 13.5. The molecule has 6 aliphatic rings. The second-order valence-electron chi connectivity index (χ2n) is 13.1. The van der Waals surface area contributed by atoms with E-state index in [1.54, 1.807) is 20.8 Å². The van der Waals surface area contributed by atoms with E-state index in [1.165, 1.54) is 13.0 Å². The lowest BCUT2D eigenvalue weighted by molar-refractivity contribution is -0.230. The van der Waals surface area contributed by atoms with E-state index >= 15 is 0 Å². The molecule has 2 aliphatic carbocycles. The first-order chi connectivity index (χ1) is 18.0. The van der Waals surface area contributed by atoms with Crippen LogP contribution >= 0.6 is 0 Å². The fraction of sp³-hybridized carbons (Fsp3) is 0.750. The number of ketones is 1. The Morgan fingerprint density at radius 3 is 2.31 bits per heavy atom. The van der Waals surface area contributed by atoms with Gasteiger partial charge in [0, 0.05) is 30.1 Å². The van der Waals surface area contributed by atoms with Crippen LogP contribution in [-0.4, -0.2) is 70.6 Å². The minimum atomic E-state index is -1.46. The van der Waals surface area contributed by atoms with E-state index in [-0.39, 0.29) is 24.2 Å². The molecule has 11 nitrogen and oxygen atoms in total. The van der Waals surface area contributed by atoms with E-state index in [2.05, 4.69) is 0 Å². The molecule has 10 atom stereocenters. The van der Waals surface area contributed by atoms with Crippen LogP contribution in [-0.2, 0) is 47.7 Å². The maximum absolute atomic E-state index is 14.4. The zero-order chi connectivity index (χ0) is 28.5. The van der Waals surface area contributed by atoms with Crippen LogP contribution in [0.3, 0.4) is 0 Å². The lowest BCUT2D eigenvalue weighted by atomic mass is 9.37. The van der Waals surface area contributed by atoms with E-state index < -0.39 is 87.8 Å². The molecule has 0 aromatic carbocycles. The standard InChI is InChI=1S/C28H34O11/c1-12(29)35-17-11-19(32)38-24(2,3)15-10-16(30)27(6)14(26(15,17)5)7-8-25(4)20(13-9-18(31)36-22(13)33)37-23(34)21-28(25,27)39-21/h9,14-15,17-18,20-21,31H,7-8,10-11H2,1-6H3/t14-,15+,17+,18+,20+,21-,25+,26-,27+,28-/m1/s1. The summed E-state index contributed by atoms with van der Waals surface area (Å²) in [6.45, 7) is 10.4. The summed E-state index contributed by atoms with van der Waals surface area (Å²) in [5.41, 5.74) is -5.47. The third-order valence-corrected chi connectivity index (χ3v) is 11.0. The fourth-order valence-electron chi connectivity index (χ4n) is 9.42. The van der Waals surface area contributed by atoms with Gasteiger partial charge in [-0.3, -0.25) is 14.4 Å². The summed E-state index contributed by atoms with van der Waals surface area (Å²) >= 11 is 0. The Labute approximate surface area is 225 Å². The Hall–Kier alpha value is -2.79. The molecule has 1 spiro atoms. The Morgan fingerprint density at radius 2 is 1.69 bits per heavy atom. The number of hydrogen-bond donors (Lipinski definition) is 1. The molecule has 212 valence electrons. The van der Waals surface area contributed by atoms with Gasteiger partial charge in [-0.25, -0.2) is 9.59 Å². The molecule has 39 heavy (non-hydrogen) atoms. The molecule has 0 bridgehead atoms. The summed E-state index contributed by atoms with van der Waals surface area (Å²) in [5.74, 6) is -3.62. The van der Waals surface area contributed by atoms with E-state index in [1.807, 2.05) is 13.8 Å². The van der Waals surface area contributed by atoms with Gasteiger partial charge in [0.15, 0.2) is 6.10 Å². The van der Waals surface area contributed by atoms with Crippen molar-refractivity contribution >= 4 is 29.7 Å². The monoisotopic (exact) mass is 546 g/mol. The van der Waals surface area contributed by atoms with Crippen molar-refractivity contribution in [1.29, 1.82) is 0 Å². The predicted molar refractivity (Wildman–Crippen MR) is 128 cm³/mol. The van der Waals surface area contributed by atoms with Crippen LogP contribution in [0.2, 0.25) is 0 Å². The van der Waals surface area contributed by atoms with Crippen LogP contribution < -0.4 is 0 Å². The molecule has 0 aromatic rings. The first kappa shape index (κ1) is 26.4. The first-order valence-corrected chi connectivity index (χ1v) is 13.5. The minimum absolute atomic E-state index is 0.0125. The highest BCUT2D eigenvalue weighted by molar-refractivity contribution is 5.96. The molecule has 4 aliphatic heterocycles. The minimum Gasteiger partial charge on any atom is -0.461 e. The summed E-state index contributed by atoms with van der Waals surface area (Å²) in [6.07, 6.45) is -2.54. The smallest absolute Gasteiger partial charge is 0.340 e. The highest BCUT2D eigenvalue weighted by atomic mass is 16.7. The third-order valence-electron chi connectivity index (χ3n) is 11.0. The number of Topliss-reactive ketones (excluding diaryl/α,β-unsaturated/α-hetero) is 1. The lowest BCUT2D eigenvalue weighted by Gasteiger charge is -2.66. The Kier molecular flexibility index (Phi) is 5.21. The number of rotatable bonds is 2. The Bertz CT molecular complexity index is 1250. The van der Waals surface area contributed by atoms with Crippen LogP contribution in [0.25, 0.3) is 0 Å². The van der Waals surface area contributed by atoms with E-state index in [0.29, 0.717) is 12.8 Å². The normalized spacial score (nSPS) is 49.6. The maximum Gasteiger partial charge on any atom is 0.340 e. The molecule has 2 saturated carbocycles. The van der Waals surface area contributed by atoms with E-state index in [4.69, 9.17) is 23.7 Å². The molecule has 0 unspecified atom stereocenters. The third kappa shape index (κ3) is 3.03. The summed E-state index contributed by atoms with van der Waals surface area (Å²) < 4.78 is 28.6. The molecular weight excluding hydrogens is 512 g/mol. The molecule has 0 amide bonds. The fourth-order valence-corrected chi connectivity index (χ4v) is 9.42. The Morgan fingerprint density at radius 1 is 1.00 bits per heavy atom. The van der Waals surface area contributed by atoms with Crippen molar-refractivity contribution in [1.82, 2.24) is 0 Å². The number of carbonyl (C=O) groups excluding carboxylic acids is 5. The molecule has 5 fully saturated rings. The van der Waals surface area contributed by atoms with E-state index in [0.717, 1.165) is 0 Å². The van der Waals surface area contributed by atoms with Crippen molar-refractivity contribution in [2.24, 2.45) is 28.1 Å². The number of carbonyl (C=O) groups is 5. The van der Waals surface area contributed by atoms with Gasteiger partial charge < -0.3 is 28.8 Å². The summed E-state index contributed by atoms with van der Waals surface area (Å²) in [7, 11) is 0. The summed E-state index contributed by atoms with van der Waals surface area (Å²) in [6, 6.07) is 0. The number of cyclic esters (lactones) is 3. The molecule has 3 saturated heterocycles. The summed E-state index contributed by atoms with van der Waals surface area (Å²) in [4.78, 5) is 65.4. The van der Waals surface area contributed by atoms with Gasteiger partial charge in [-0.05, 0) is 45.6 Å². The maximum atomic E-state index is 14.4. The number of fused-ring (bicyclic) bond motifs is 3. The van der Waals surface area contributed by atoms with Gasteiger partial charge in [0.1, 0.15) is 29.2 Å². The van der Waals surface area contributed by atoms with Crippen molar-refractivity contribution in [3.05, 3.63) is 11.6 Å². The van der Waals surface area contributed by atoms with Crippen molar-refractivity contribution in [3.8, 4) is 0 Å². The molecule has 4 heterocycles. The van der Waals surface area contributed by atoms with Crippen molar-refractivity contribution in [3.63, 3.8) is 0 Å². The average Bonchev–Trinajstić information content (AvgIpc) is 3.52. The average molecular weight is 547 g/mol. The second kappa shape index (κ2) is 7.69. The van der Waals surface area contributed by atoms with Gasteiger partial charge in [0.2, 0.25) is 6.29 Å². The van der Waals surface area contributed by atoms with Crippen molar-refractivity contribution < 1.29 is 52.8 Å². The molecule has 6 rings (SSSR count). The number of ether oxygens (including phenoxy) is 5. The zero-order valence-corrected chi connectivity index (χ0v) is 22.9. The van der Waals surface area contributed by atoms with Crippen LogP contribution in [0.1, 0.15) is 67.2 Å². The number of aliphatic hydroxyl groups excluding tert-OH is 1. The number of esters is 4. The molecule has 1 N–H and O–H groups in total. The highest BCUT2D eigenvalue weighted by Gasteiger charge is 2.89. The highest BCUT2D eigenvalue weighted by Crippen LogP contribution is 2.77. The predicted octanol–water partition coefficient (Wildman–Crippen LogP) is 1.53. The van der Waals surface area contributed by atoms with Crippen LogP contribution in [0.4, 0.5) is 0 Å². The Balaban J connectivity index is 1.52. The zero-order valence-electron chi connectivity index (χ0n) is 22.9. The largest absolute Gasteiger partial charge is 0.461 e. The van der Waals surface area contributed by atoms with Gasteiger partial charge in [-0.2, -0.15) is 0 Å².